The Bertz CT molecular complexity index is 788. The molecule has 0 aromatic heterocycles. The number of hydrogen-bond donors (Lipinski definition) is 2. The molecule has 0 aliphatic carbocycles. The van der Waals surface area contributed by atoms with Gasteiger partial charge in [-0.15, -0.1) is 0 Å². The Hall–Kier alpha value is -2.42. The van der Waals surface area contributed by atoms with Crippen LogP contribution < -0.4 is 10.6 Å². The number of esters is 1. The lowest BCUT2D eigenvalue weighted by atomic mass is 10.1. The van der Waals surface area contributed by atoms with E-state index in [-0.39, 0.29) is 29.8 Å². The summed E-state index contributed by atoms with van der Waals surface area (Å²) >= 11 is 0. The molecule has 9 heteroatoms. The SMILES string of the molecule is CC(=O)Nc1ccc(NC(=O)[C@H](C)OC(=O)C[C@@H]2CCS(=O)(=O)C2)cc1. The van der Waals surface area contributed by atoms with Crippen LogP contribution in [0.15, 0.2) is 24.3 Å². The Labute approximate surface area is 152 Å². The van der Waals surface area contributed by atoms with Gasteiger partial charge < -0.3 is 15.4 Å². The largest absolute Gasteiger partial charge is 0.453 e. The van der Waals surface area contributed by atoms with Gasteiger partial charge in [0.2, 0.25) is 5.91 Å². The van der Waals surface area contributed by atoms with E-state index in [1.54, 1.807) is 24.3 Å². The maximum absolute atomic E-state index is 12.1. The smallest absolute Gasteiger partial charge is 0.306 e. The molecule has 26 heavy (non-hydrogen) atoms. The molecular weight excluding hydrogens is 360 g/mol. The van der Waals surface area contributed by atoms with Crippen LogP contribution in [-0.2, 0) is 29.0 Å². The third-order valence-corrected chi connectivity index (χ3v) is 5.77. The average Bonchev–Trinajstić information content (AvgIpc) is 2.87. The molecule has 1 fully saturated rings. The summed E-state index contributed by atoms with van der Waals surface area (Å²) in [4.78, 5) is 34.9. The lowest BCUT2D eigenvalue weighted by Crippen LogP contribution is -2.30. The van der Waals surface area contributed by atoms with Gasteiger partial charge in [0.1, 0.15) is 0 Å². The summed E-state index contributed by atoms with van der Waals surface area (Å²) in [5, 5.41) is 5.22. The van der Waals surface area contributed by atoms with Gasteiger partial charge in [0.05, 0.1) is 11.5 Å². The quantitative estimate of drug-likeness (QED) is 0.717. The minimum Gasteiger partial charge on any atom is -0.453 e. The maximum atomic E-state index is 12.1. The number of sulfone groups is 1. The zero-order valence-corrected chi connectivity index (χ0v) is 15.5. The summed E-state index contributed by atoms with van der Waals surface area (Å²) in [6.07, 6.45) is -0.573. The highest BCUT2D eigenvalue weighted by Crippen LogP contribution is 2.22. The standard InChI is InChI=1S/C17H22N2O6S/c1-11(25-16(21)9-13-7-8-26(23,24)10-13)17(22)19-15-5-3-14(4-6-15)18-12(2)20/h3-6,11,13H,7-10H2,1-2H3,(H,18,20)(H,19,22)/t11-,13-/m0/s1. The van der Waals surface area contributed by atoms with Crippen molar-refractivity contribution in [2.24, 2.45) is 5.92 Å². The first-order chi connectivity index (χ1) is 12.1. The van der Waals surface area contributed by atoms with Crippen molar-refractivity contribution in [2.75, 3.05) is 22.1 Å². The van der Waals surface area contributed by atoms with E-state index >= 15 is 0 Å². The van der Waals surface area contributed by atoms with Gasteiger partial charge >= 0.3 is 5.97 Å². The van der Waals surface area contributed by atoms with E-state index in [0.29, 0.717) is 17.8 Å². The maximum Gasteiger partial charge on any atom is 0.306 e. The second-order valence-electron chi connectivity index (χ2n) is 6.35. The first-order valence-electron chi connectivity index (χ1n) is 8.23. The number of benzene rings is 1. The van der Waals surface area contributed by atoms with Crippen molar-refractivity contribution in [2.45, 2.75) is 32.8 Å². The number of hydrogen-bond acceptors (Lipinski definition) is 6. The molecule has 0 radical (unpaired) electrons. The fourth-order valence-electron chi connectivity index (χ4n) is 2.65. The highest BCUT2D eigenvalue weighted by Gasteiger charge is 2.30. The minimum absolute atomic E-state index is 0.0106. The van der Waals surface area contributed by atoms with E-state index in [4.69, 9.17) is 4.74 Å². The number of anilines is 2. The van der Waals surface area contributed by atoms with Crippen molar-refractivity contribution in [3.8, 4) is 0 Å². The van der Waals surface area contributed by atoms with E-state index in [1.165, 1.54) is 13.8 Å². The molecule has 142 valence electrons. The summed E-state index contributed by atoms with van der Waals surface area (Å²) in [6, 6.07) is 6.49. The number of amides is 2. The van der Waals surface area contributed by atoms with Gasteiger partial charge in [-0.1, -0.05) is 0 Å². The third kappa shape index (κ3) is 6.14. The van der Waals surface area contributed by atoms with Crippen molar-refractivity contribution < 1.29 is 27.5 Å². The molecule has 1 aliphatic rings. The van der Waals surface area contributed by atoms with Gasteiger partial charge in [-0.3, -0.25) is 14.4 Å². The van der Waals surface area contributed by atoms with Crippen molar-refractivity contribution in [1.29, 1.82) is 0 Å². The molecule has 1 saturated heterocycles. The first-order valence-corrected chi connectivity index (χ1v) is 10.0. The van der Waals surface area contributed by atoms with Crippen LogP contribution in [0.2, 0.25) is 0 Å². The Balaban J connectivity index is 1.81. The Morgan fingerprint density at radius 1 is 1.15 bits per heavy atom. The van der Waals surface area contributed by atoms with E-state index in [0.717, 1.165) is 0 Å². The average molecular weight is 382 g/mol. The monoisotopic (exact) mass is 382 g/mol. The van der Waals surface area contributed by atoms with Gasteiger partial charge in [-0.25, -0.2) is 8.42 Å². The number of nitrogens with one attached hydrogen (secondary N) is 2. The van der Waals surface area contributed by atoms with Crippen LogP contribution in [-0.4, -0.2) is 43.8 Å². The van der Waals surface area contributed by atoms with Crippen LogP contribution in [0.4, 0.5) is 11.4 Å². The van der Waals surface area contributed by atoms with Crippen LogP contribution in [0, 0.1) is 5.92 Å². The molecule has 2 amide bonds. The summed E-state index contributed by atoms with van der Waals surface area (Å²) in [5.74, 6) is -1.44. The molecule has 1 aliphatic heterocycles. The molecule has 1 aromatic rings. The summed E-state index contributed by atoms with van der Waals surface area (Å²) in [6.45, 7) is 2.84. The molecule has 0 bridgehead atoms. The van der Waals surface area contributed by atoms with Crippen LogP contribution in [0.1, 0.15) is 26.7 Å². The molecule has 0 unspecified atom stereocenters. The summed E-state index contributed by atoms with van der Waals surface area (Å²) < 4.78 is 27.9. The number of carbonyl (C=O) groups is 3. The Morgan fingerprint density at radius 3 is 2.23 bits per heavy atom. The highest BCUT2D eigenvalue weighted by atomic mass is 32.2. The summed E-state index contributed by atoms with van der Waals surface area (Å²) in [7, 11) is -3.05. The molecule has 2 rings (SSSR count). The Morgan fingerprint density at radius 2 is 1.73 bits per heavy atom. The van der Waals surface area contributed by atoms with E-state index < -0.39 is 27.8 Å². The molecule has 0 saturated carbocycles. The Kier molecular flexibility index (Phi) is 6.36. The molecular formula is C17H22N2O6S. The van der Waals surface area contributed by atoms with E-state index in [9.17, 15) is 22.8 Å². The fourth-order valence-corrected chi connectivity index (χ4v) is 4.51. The zero-order chi connectivity index (χ0) is 19.3. The normalized spacial score (nSPS) is 19.4. The number of ether oxygens (including phenoxy) is 1. The summed E-state index contributed by atoms with van der Waals surface area (Å²) in [5.41, 5.74) is 1.09. The van der Waals surface area contributed by atoms with E-state index in [2.05, 4.69) is 10.6 Å². The lowest BCUT2D eigenvalue weighted by molar-refractivity contribution is -0.153. The predicted molar refractivity (Wildman–Crippen MR) is 96.3 cm³/mol. The van der Waals surface area contributed by atoms with Crippen molar-refractivity contribution >= 4 is 39.0 Å². The molecule has 1 aromatic carbocycles. The van der Waals surface area contributed by atoms with Crippen molar-refractivity contribution in [1.82, 2.24) is 0 Å². The second kappa shape index (κ2) is 8.31. The number of rotatable bonds is 6. The van der Waals surface area contributed by atoms with Crippen LogP contribution in [0.3, 0.4) is 0 Å². The van der Waals surface area contributed by atoms with Crippen LogP contribution in [0.25, 0.3) is 0 Å². The van der Waals surface area contributed by atoms with Crippen molar-refractivity contribution in [3.63, 3.8) is 0 Å². The third-order valence-electron chi connectivity index (χ3n) is 3.93. The molecule has 1 heterocycles. The van der Waals surface area contributed by atoms with Crippen LogP contribution in [0.5, 0.6) is 0 Å². The van der Waals surface area contributed by atoms with Crippen LogP contribution >= 0.6 is 0 Å². The van der Waals surface area contributed by atoms with E-state index in [1.807, 2.05) is 0 Å². The first kappa shape index (κ1) is 19.9. The van der Waals surface area contributed by atoms with Gasteiger partial charge in [-0.2, -0.15) is 0 Å². The number of carbonyl (C=O) groups excluding carboxylic acids is 3. The highest BCUT2D eigenvalue weighted by molar-refractivity contribution is 7.91. The molecule has 8 nitrogen and oxygen atoms in total. The molecule has 2 N–H and O–H groups in total. The second-order valence-corrected chi connectivity index (χ2v) is 8.58. The predicted octanol–water partition coefficient (Wildman–Crippen LogP) is 1.34. The van der Waals surface area contributed by atoms with Crippen molar-refractivity contribution in [3.05, 3.63) is 24.3 Å². The van der Waals surface area contributed by atoms with Gasteiger partial charge in [-0.05, 0) is 43.5 Å². The van der Waals surface area contributed by atoms with Gasteiger partial charge in [0, 0.05) is 24.7 Å². The lowest BCUT2D eigenvalue weighted by Gasteiger charge is -2.15. The minimum atomic E-state index is -3.05. The van der Waals surface area contributed by atoms with Gasteiger partial charge in [0.15, 0.2) is 15.9 Å². The fraction of sp³-hybridized carbons (Fsp3) is 0.471. The van der Waals surface area contributed by atoms with Gasteiger partial charge in [0.25, 0.3) is 5.91 Å². The zero-order valence-electron chi connectivity index (χ0n) is 14.7. The molecule has 2 atom stereocenters. The molecule has 0 spiro atoms. The topological polar surface area (TPSA) is 119 Å².